The zero-order chi connectivity index (χ0) is 13.8. The molecule has 0 saturated carbocycles. The molecule has 10 heteroatoms. The second-order valence-electron chi connectivity index (χ2n) is 4.09. The summed E-state index contributed by atoms with van der Waals surface area (Å²) < 4.78 is 23.4. The highest BCUT2D eigenvalue weighted by molar-refractivity contribution is 9.11. The molecule has 0 bridgehead atoms. The van der Waals surface area contributed by atoms with Crippen molar-refractivity contribution in [1.82, 2.24) is 0 Å². The third-order valence-electron chi connectivity index (χ3n) is 2.91. The van der Waals surface area contributed by atoms with Gasteiger partial charge in [-0.05, 0) is 17.7 Å². The van der Waals surface area contributed by atoms with Crippen molar-refractivity contribution in [2.75, 3.05) is 6.54 Å². The van der Waals surface area contributed by atoms with Gasteiger partial charge in [0.15, 0.2) is 0 Å². The summed E-state index contributed by atoms with van der Waals surface area (Å²) in [5.41, 5.74) is 0.469. The highest BCUT2D eigenvalue weighted by Crippen LogP contribution is 2.72. The zero-order valence-corrected chi connectivity index (χ0v) is 12.2. The van der Waals surface area contributed by atoms with E-state index in [1.54, 1.807) is 6.21 Å². The third kappa shape index (κ3) is 2.02. The van der Waals surface area contributed by atoms with E-state index in [9.17, 15) is 28.7 Å². The minimum atomic E-state index is -5.08. The Kier molecular flexibility index (Phi) is 3.36. The predicted molar refractivity (Wildman–Crippen MR) is 68.8 cm³/mol. The quantitative estimate of drug-likeness (QED) is 0.430. The summed E-state index contributed by atoms with van der Waals surface area (Å²) in [6.45, 7) is 0.176. The van der Waals surface area contributed by atoms with Crippen molar-refractivity contribution in [2.45, 2.75) is 4.90 Å². The lowest BCUT2D eigenvalue weighted by Gasteiger charge is -2.33. The first-order valence-corrected chi connectivity index (χ1v) is 8.81. The van der Waals surface area contributed by atoms with E-state index in [2.05, 4.69) is 20.9 Å². The van der Waals surface area contributed by atoms with Gasteiger partial charge in [0.25, 0.3) is 0 Å². The van der Waals surface area contributed by atoms with Crippen LogP contribution in [-0.4, -0.2) is 37.2 Å². The van der Waals surface area contributed by atoms with Gasteiger partial charge in [-0.15, -0.1) is 0 Å². The number of nitrogens with zero attached hydrogens (tertiary/aromatic N) is 1. The Morgan fingerprint density at radius 2 is 1.78 bits per heavy atom. The van der Waals surface area contributed by atoms with Gasteiger partial charge in [-0.3, -0.25) is 14.1 Å². The average molecular weight is 358 g/mol. The smallest absolute Gasteiger partial charge is 0.323 e. The summed E-state index contributed by atoms with van der Waals surface area (Å²) in [7, 11) is -10.2. The lowest BCUT2D eigenvalue weighted by molar-refractivity contribution is 0.332. The van der Waals surface area contributed by atoms with Crippen LogP contribution in [-0.2, 0) is 9.13 Å². The third-order valence-corrected chi connectivity index (χ3v) is 7.57. The predicted octanol–water partition coefficient (Wildman–Crippen LogP) is 0.957. The Balaban J connectivity index is 2.69. The Morgan fingerprint density at radius 3 is 2.28 bits per heavy atom. The molecule has 4 N–H and O–H groups in total. The fourth-order valence-electron chi connectivity index (χ4n) is 1.95. The van der Waals surface area contributed by atoms with Crippen LogP contribution in [0.25, 0.3) is 0 Å². The number of aliphatic imine (C=N–C) groups is 1. The number of hydrogen-bond acceptors (Lipinski definition) is 3. The van der Waals surface area contributed by atoms with Gasteiger partial charge in [-0.1, -0.05) is 15.9 Å². The maximum Gasteiger partial charge on any atom is 0.351 e. The molecule has 0 aromatic carbocycles. The second kappa shape index (κ2) is 4.21. The Morgan fingerprint density at radius 1 is 1.22 bits per heavy atom. The fraction of sp³-hybridized carbons (Fsp3) is 0.375. The standard InChI is InChI=1S/C8H10BrNO6P2/c9-7-2-8(17(11,12)13,18(14,15)16)1-5-3-10-4-6(5)7/h1-2,4,6H,3H2,(H2,11,12,13)(H2,14,15,16). The van der Waals surface area contributed by atoms with Crippen LogP contribution in [0.5, 0.6) is 0 Å². The minimum absolute atomic E-state index is 0.176. The monoisotopic (exact) mass is 357 g/mol. The molecule has 0 amide bonds. The van der Waals surface area contributed by atoms with Crippen LogP contribution < -0.4 is 0 Å². The normalized spacial score (nSPS) is 26.6. The molecule has 1 aliphatic heterocycles. The van der Waals surface area contributed by atoms with Crippen molar-refractivity contribution in [3.8, 4) is 0 Å². The summed E-state index contributed by atoms with van der Waals surface area (Å²) in [6.07, 6.45) is 3.44. The molecule has 0 saturated heterocycles. The SMILES string of the molecule is O=P(O)(O)C1(P(=O)(O)O)C=C(Br)C2C=NCC2=C1. The van der Waals surface area contributed by atoms with Crippen LogP contribution in [0.1, 0.15) is 0 Å². The van der Waals surface area contributed by atoms with Crippen molar-refractivity contribution < 1.29 is 28.7 Å². The van der Waals surface area contributed by atoms with Gasteiger partial charge < -0.3 is 19.6 Å². The Bertz CT molecular complexity index is 548. The Hall–Kier alpha value is -0.0700. The van der Waals surface area contributed by atoms with Gasteiger partial charge in [-0.25, -0.2) is 0 Å². The maximum atomic E-state index is 11.5. The lowest BCUT2D eigenvalue weighted by atomic mass is 9.96. The maximum absolute atomic E-state index is 11.5. The van der Waals surface area contributed by atoms with E-state index in [-0.39, 0.29) is 12.5 Å². The van der Waals surface area contributed by atoms with E-state index < -0.39 is 20.1 Å². The van der Waals surface area contributed by atoms with Gasteiger partial charge in [0, 0.05) is 16.6 Å². The molecule has 18 heavy (non-hydrogen) atoms. The first kappa shape index (κ1) is 14.3. The van der Waals surface area contributed by atoms with E-state index in [0.717, 1.165) is 12.2 Å². The molecule has 1 heterocycles. The summed E-state index contributed by atoms with van der Waals surface area (Å²) in [6, 6.07) is 0. The van der Waals surface area contributed by atoms with E-state index in [1.165, 1.54) is 0 Å². The summed E-state index contributed by atoms with van der Waals surface area (Å²) in [5.74, 6) is -0.295. The van der Waals surface area contributed by atoms with Gasteiger partial charge >= 0.3 is 15.2 Å². The summed E-state index contributed by atoms with van der Waals surface area (Å²) >= 11 is 3.10. The molecule has 2 aliphatic rings. The van der Waals surface area contributed by atoms with Gasteiger partial charge in [0.2, 0.25) is 4.90 Å². The average Bonchev–Trinajstić information content (AvgIpc) is 2.61. The molecule has 0 radical (unpaired) electrons. The summed E-state index contributed by atoms with van der Waals surface area (Å²) in [4.78, 5) is 38.7. The molecule has 2 rings (SSSR count). The molecule has 0 aromatic rings. The van der Waals surface area contributed by atoms with E-state index in [1.807, 2.05) is 0 Å². The van der Waals surface area contributed by atoms with Crippen LogP contribution in [0, 0.1) is 5.92 Å². The lowest BCUT2D eigenvalue weighted by Crippen LogP contribution is -2.29. The molecular formula is C8H10BrNO6P2. The molecule has 1 unspecified atom stereocenters. The van der Waals surface area contributed by atoms with Crippen LogP contribution in [0.2, 0.25) is 0 Å². The highest BCUT2D eigenvalue weighted by Gasteiger charge is 2.59. The number of rotatable bonds is 2. The minimum Gasteiger partial charge on any atom is -0.323 e. The number of allylic oxidation sites excluding steroid dienone is 3. The highest BCUT2D eigenvalue weighted by atomic mass is 79.9. The van der Waals surface area contributed by atoms with Crippen LogP contribution in [0.15, 0.2) is 27.2 Å². The number of halogens is 1. The molecular weight excluding hydrogens is 348 g/mol. The summed E-state index contributed by atoms with van der Waals surface area (Å²) in [5, 5.41) is 0. The van der Waals surface area contributed by atoms with Crippen LogP contribution in [0.4, 0.5) is 0 Å². The molecule has 7 nitrogen and oxygen atoms in total. The first-order valence-electron chi connectivity index (χ1n) is 4.79. The van der Waals surface area contributed by atoms with Gasteiger partial charge in [-0.2, -0.15) is 0 Å². The van der Waals surface area contributed by atoms with Crippen LogP contribution >= 0.6 is 31.1 Å². The van der Waals surface area contributed by atoms with E-state index in [4.69, 9.17) is 0 Å². The molecule has 0 aromatic heterocycles. The van der Waals surface area contributed by atoms with E-state index in [0.29, 0.717) is 10.1 Å². The molecule has 100 valence electrons. The topological polar surface area (TPSA) is 127 Å². The number of hydrogen-bond donors (Lipinski definition) is 4. The van der Waals surface area contributed by atoms with Crippen molar-refractivity contribution in [3.63, 3.8) is 0 Å². The number of fused-ring (bicyclic) bond motifs is 1. The van der Waals surface area contributed by atoms with Crippen molar-refractivity contribution >= 4 is 37.3 Å². The molecule has 1 atom stereocenters. The van der Waals surface area contributed by atoms with Crippen molar-refractivity contribution in [2.24, 2.45) is 10.9 Å². The molecule has 0 spiro atoms. The van der Waals surface area contributed by atoms with Crippen molar-refractivity contribution in [1.29, 1.82) is 0 Å². The Labute approximate surface area is 111 Å². The zero-order valence-electron chi connectivity index (χ0n) is 8.84. The second-order valence-corrected chi connectivity index (χ2v) is 9.01. The van der Waals surface area contributed by atoms with Crippen LogP contribution in [0.3, 0.4) is 0 Å². The first-order chi connectivity index (χ1) is 8.08. The fourth-order valence-corrected chi connectivity index (χ4v) is 5.72. The van der Waals surface area contributed by atoms with E-state index >= 15 is 0 Å². The van der Waals surface area contributed by atoms with Crippen molar-refractivity contribution in [3.05, 3.63) is 22.2 Å². The largest absolute Gasteiger partial charge is 0.351 e. The molecule has 0 fully saturated rings. The van der Waals surface area contributed by atoms with Gasteiger partial charge in [0.1, 0.15) is 0 Å². The van der Waals surface area contributed by atoms with Gasteiger partial charge in [0.05, 0.1) is 6.54 Å². The molecule has 1 aliphatic carbocycles.